The molecule has 0 radical (unpaired) electrons. The minimum Gasteiger partial charge on any atom is -0.486 e. The highest BCUT2D eigenvalue weighted by atomic mass is 16.5. The van der Waals surface area contributed by atoms with Crippen molar-refractivity contribution in [1.82, 2.24) is 23.8 Å². The summed E-state index contributed by atoms with van der Waals surface area (Å²) in [6.45, 7) is 1.80. The van der Waals surface area contributed by atoms with Gasteiger partial charge in [-0.05, 0) is 30.3 Å². The first-order valence-corrected chi connectivity index (χ1v) is 11.9. The smallest absolute Gasteiger partial charge is 0.270 e. The number of hydrogen-bond acceptors (Lipinski definition) is 6. The topological polar surface area (TPSA) is 91.0 Å². The highest BCUT2D eigenvalue weighted by molar-refractivity contribution is 5.98. The van der Waals surface area contributed by atoms with Crippen LogP contribution >= 0.6 is 0 Å². The van der Waals surface area contributed by atoms with Gasteiger partial charge in [0.15, 0.2) is 0 Å². The molecule has 9 nitrogen and oxygen atoms in total. The number of aromatic nitrogens is 4. The molecule has 0 N–H and O–H groups in total. The van der Waals surface area contributed by atoms with Gasteiger partial charge >= 0.3 is 0 Å². The number of carbonyl (C=O) groups is 1. The van der Waals surface area contributed by atoms with Gasteiger partial charge in [0.2, 0.25) is 0 Å². The van der Waals surface area contributed by atoms with Gasteiger partial charge < -0.3 is 18.9 Å². The van der Waals surface area contributed by atoms with E-state index in [1.165, 1.54) is 4.40 Å². The number of likely N-dealkylation sites (tertiary alicyclic amines) is 1. The first kappa shape index (κ1) is 22.2. The molecule has 1 aliphatic rings. The Kier molecular flexibility index (Phi) is 5.61. The number of methoxy groups -OCH3 is 1. The zero-order valence-corrected chi connectivity index (χ0v) is 19.8. The van der Waals surface area contributed by atoms with Crippen LogP contribution in [0.2, 0.25) is 0 Å². The van der Waals surface area contributed by atoms with E-state index in [0.717, 1.165) is 10.9 Å². The third-order valence-corrected chi connectivity index (χ3v) is 6.64. The van der Waals surface area contributed by atoms with Crippen molar-refractivity contribution < 1.29 is 14.3 Å². The summed E-state index contributed by atoms with van der Waals surface area (Å²) < 4.78 is 14.8. The third-order valence-electron chi connectivity index (χ3n) is 6.64. The Morgan fingerprint density at radius 2 is 2.03 bits per heavy atom. The molecule has 9 heteroatoms. The van der Waals surface area contributed by atoms with Crippen LogP contribution in [0.15, 0.2) is 71.8 Å². The summed E-state index contributed by atoms with van der Waals surface area (Å²) in [6, 6.07) is 16.8. The van der Waals surface area contributed by atoms with Gasteiger partial charge in [-0.15, -0.1) is 0 Å². The number of nitrogens with zero attached hydrogens (tertiary/aromatic N) is 5. The summed E-state index contributed by atoms with van der Waals surface area (Å²) in [4.78, 5) is 37.8. The lowest BCUT2D eigenvalue weighted by atomic mass is 10.2. The number of amides is 1. The lowest BCUT2D eigenvalue weighted by molar-refractivity contribution is 0.0760. The molecule has 4 aromatic heterocycles. The number of hydrogen-bond donors (Lipinski definition) is 0. The van der Waals surface area contributed by atoms with Gasteiger partial charge in [-0.2, -0.15) is 0 Å². The molecule has 1 saturated heterocycles. The highest BCUT2D eigenvalue weighted by Crippen LogP contribution is 2.27. The molecule has 1 aromatic carbocycles. The Labute approximate surface area is 206 Å². The molecule has 1 unspecified atom stereocenters. The second kappa shape index (κ2) is 9.09. The Balaban J connectivity index is 1.31. The molecule has 1 aliphatic heterocycles. The zero-order chi connectivity index (χ0) is 24.6. The first-order valence-electron chi connectivity index (χ1n) is 11.9. The average molecular weight is 484 g/mol. The maximum Gasteiger partial charge on any atom is 0.270 e. The van der Waals surface area contributed by atoms with Crippen LogP contribution in [0.4, 0.5) is 0 Å². The lowest BCUT2D eigenvalue weighted by Crippen LogP contribution is -2.32. The van der Waals surface area contributed by atoms with E-state index < -0.39 is 0 Å². The van der Waals surface area contributed by atoms with Crippen LogP contribution in [0.5, 0.6) is 5.75 Å². The summed E-state index contributed by atoms with van der Waals surface area (Å²) in [5.74, 6) is 0.560. The van der Waals surface area contributed by atoms with E-state index in [0.29, 0.717) is 60.8 Å². The van der Waals surface area contributed by atoms with E-state index >= 15 is 0 Å². The van der Waals surface area contributed by atoms with Gasteiger partial charge in [0.25, 0.3) is 11.5 Å². The van der Waals surface area contributed by atoms with Crippen molar-refractivity contribution in [3.8, 4) is 5.75 Å². The Morgan fingerprint density at radius 3 is 2.92 bits per heavy atom. The molecule has 1 atom stereocenters. The van der Waals surface area contributed by atoms with Crippen molar-refractivity contribution in [1.29, 1.82) is 0 Å². The Hall–Kier alpha value is -4.24. The van der Waals surface area contributed by atoms with Crippen molar-refractivity contribution in [3.05, 3.63) is 83.0 Å². The maximum absolute atomic E-state index is 13.7. The minimum absolute atomic E-state index is 0.148. The molecular formula is C27H25N5O4. The maximum atomic E-state index is 13.7. The summed E-state index contributed by atoms with van der Waals surface area (Å²) in [6.07, 6.45) is 3.99. The van der Waals surface area contributed by atoms with Crippen LogP contribution in [0.3, 0.4) is 0 Å². The fourth-order valence-corrected chi connectivity index (χ4v) is 4.86. The summed E-state index contributed by atoms with van der Waals surface area (Å²) in [5.41, 5.74) is 2.05. The zero-order valence-electron chi connectivity index (χ0n) is 19.8. The number of para-hydroxylation sites is 1. The van der Waals surface area contributed by atoms with Crippen molar-refractivity contribution in [2.24, 2.45) is 0 Å². The van der Waals surface area contributed by atoms with Crippen LogP contribution in [0.1, 0.15) is 16.9 Å². The SMILES string of the molecule is COCCn1c(C(=O)N2CCC(Oc3cccc4cccnc34)C2)cc2c(=O)n3ccccc3nc21. The number of pyridine rings is 2. The molecule has 1 fully saturated rings. The number of fused-ring (bicyclic) bond motifs is 3. The number of carbonyl (C=O) groups excluding carboxylic acids is 1. The lowest BCUT2D eigenvalue weighted by Gasteiger charge is -2.19. The van der Waals surface area contributed by atoms with Gasteiger partial charge in [0.05, 0.1) is 18.5 Å². The van der Waals surface area contributed by atoms with Crippen LogP contribution in [-0.4, -0.2) is 62.7 Å². The number of rotatable bonds is 6. The van der Waals surface area contributed by atoms with Gasteiger partial charge in [-0.25, -0.2) is 4.98 Å². The highest BCUT2D eigenvalue weighted by Gasteiger charge is 2.31. The molecule has 0 spiro atoms. The van der Waals surface area contributed by atoms with Crippen molar-refractivity contribution in [2.75, 3.05) is 26.8 Å². The van der Waals surface area contributed by atoms with Gasteiger partial charge in [0.1, 0.15) is 34.4 Å². The number of ether oxygens (including phenoxy) is 2. The first-order chi connectivity index (χ1) is 17.6. The molecule has 36 heavy (non-hydrogen) atoms. The fourth-order valence-electron chi connectivity index (χ4n) is 4.86. The monoisotopic (exact) mass is 483 g/mol. The molecule has 6 rings (SSSR count). The molecule has 1 amide bonds. The second-order valence-electron chi connectivity index (χ2n) is 8.87. The largest absolute Gasteiger partial charge is 0.486 e. The predicted octanol–water partition coefficient (Wildman–Crippen LogP) is 3.14. The van der Waals surface area contributed by atoms with Gasteiger partial charge in [-0.1, -0.05) is 24.3 Å². The van der Waals surface area contributed by atoms with Crippen molar-refractivity contribution >= 4 is 33.5 Å². The normalized spacial score (nSPS) is 15.8. The van der Waals surface area contributed by atoms with E-state index in [-0.39, 0.29) is 17.6 Å². The van der Waals surface area contributed by atoms with E-state index in [4.69, 9.17) is 9.47 Å². The summed E-state index contributed by atoms with van der Waals surface area (Å²) in [7, 11) is 1.61. The van der Waals surface area contributed by atoms with Crippen molar-refractivity contribution in [2.45, 2.75) is 19.1 Å². The number of benzene rings is 1. The van der Waals surface area contributed by atoms with Gasteiger partial charge in [0, 0.05) is 44.4 Å². The molecule has 0 aliphatic carbocycles. The van der Waals surface area contributed by atoms with Crippen LogP contribution < -0.4 is 10.3 Å². The summed E-state index contributed by atoms with van der Waals surface area (Å²) >= 11 is 0. The molecule has 0 saturated carbocycles. The molecule has 5 aromatic rings. The molecule has 0 bridgehead atoms. The molecule has 182 valence electrons. The minimum atomic E-state index is -0.202. The van der Waals surface area contributed by atoms with E-state index in [2.05, 4.69) is 9.97 Å². The van der Waals surface area contributed by atoms with Crippen LogP contribution in [-0.2, 0) is 11.3 Å². The van der Waals surface area contributed by atoms with Crippen LogP contribution in [0, 0.1) is 0 Å². The molecular weight excluding hydrogens is 458 g/mol. The Morgan fingerprint density at radius 1 is 1.14 bits per heavy atom. The average Bonchev–Trinajstić information content (AvgIpc) is 3.52. The third kappa shape index (κ3) is 3.77. The van der Waals surface area contributed by atoms with Crippen molar-refractivity contribution in [3.63, 3.8) is 0 Å². The molecule has 5 heterocycles. The quantitative estimate of drug-likeness (QED) is 0.369. The summed E-state index contributed by atoms with van der Waals surface area (Å²) in [5, 5.41) is 1.42. The van der Waals surface area contributed by atoms with E-state index in [9.17, 15) is 9.59 Å². The predicted molar refractivity (Wildman–Crippen MR) is 136 cm³/mol. The van der Waals surface area contributed by atoms with Gasteiger partial charge in [-0.3, -0.25) is 19.0 Å². The van der Waals surface area contributed by atoms with E-state index in [1.807, 2.05) is 36.4 Å². The van der Waals surface area contributed by atoms with E-state index in [1.54, 1.807) is 47.2 Å². The Bertz CT molecular complexity index is 1650. The van der Waals surface area contributed by atoms with Crippen LogP contribution in [0.25, 0.3) is 27.6 Å². The standard InChI is InChI=1S/C27H25N5O4/c1-35-15-14-31-21(16-20-25(31)29-23-9-2-3-12-32(23)26(20)33)27(34)30-13-10-19(17-30)36-22-8-4-6-18-7-5-11-28-24(18)22/h2-9,11-12,16,19H,10,13-15,17H2,1H3. The fraction of sp³-hybridized carbons (Fsp3) is 0.259. The second-order valence-corrected chi connectivity index (χ2v) is 8.87.